The van der Waals surface area contributed by atoms with Crippen LogP contribution in [0.25, 0.3) is 0 Å². The molecule has 2 unspecified atom stereocenters. The number of hydrogen-bond donors (Lipinski definition) is 2. The molecule has 2 aromatic carbocycles. The molecule has 0 aliphatic carbocycles. The molecule has 2 N–H and O–H groups in total. The number of amides is 2. The fraction of sp³-hybridized carbons (Fsp3) is 0.300. The van der Waals surface area contributed by atoms with Gasteiger partial charge in [0.25, 0.3) is 5.91 Å². The van der Waals surface area contributed by atoms with Crippen LogP contribution in [0.2, 0.25) is 0 Å². The summed E-state index contributed by atoms with van der Waals surface area (Å²) in [6.07, 6.45) is -1.36. The molecule has 0 bridgehead atoms. The summed E-state index contributed by atoms with van der Waals surface area (Å²) >= 11 is 0. The van der Waals surface area contributed by atoms with Gasteiger partial charge in [0, 0.05) is 31.3 Å². The first kappa shape index (κ1) is 18.7. The second-order valence-corrected chi connectivity index (χ2v) is 6.42. The average molecular weight is 370 g/mol. The van der Waals surface area contributed by atoms with Gasteiger partial charge in [-0.2, -0.15) is 0 Å². The number of aliphatic hydroxyl groups is 1. The first-order chi connectivity index (χ1) is 12.8. The first-order valence-corrected chi connectivity index (χ1v) is 8.42. The van der Waals surface area contributed by atoms with E-state index in [4.69, 9.17) is 9.47 Å². The third-order valence-electron chi connectivity index (χ3n) is 4.81. The number of methoxy groups -OCH3 is 2. The Balaban J connectivity index is 2.23. The third kappa shape index (κ3) is 2.90. The largest absolute Gasteiger partial charge is 0.497 e. The normalized spacial score (nSPS) is 19.4. The van der Waals surface area contributed by atoms with Gasteiger partial charge in [-0.15, -0.1) is 0 Å². The number of para-hydroxylation sites is 1. The van der Waals surface area contributed by atoms with Crippen LogP contribution in [0.4, 0.5) is 5.69 Å². The SMILES string of the molecule is COc1cc(OC)cc(C(O)C2(NC(C)=O)C(=O)N(C)c3ccccc32)c1. The molecular weight excluding hydrogens is 348 g/mol. The van der Waals surface area contributed by atoms with Gasteiger partial charge in [-0.25, -0.2) is 0 Å². The van der Waals surface area contributed by atoms with E-state index in [1.165, 1.54) is 26.0 Å². The number of rotatable bonds is 5. The molecular formula is C20H22N2O5. The molecule has 2 atom stereocenters. The monoisotopic (exact) mass is 370 g/mol. The van der Waals surface area contributed by atoms with Crippen LogP contribution in [0.1, 0.15) is 24.2 Å². The summed E-state index contributed by atoms with van der Waals surface area (Å²) in [5.41, 5.74) is -0.0975. The minimum Gasteiger partial charge on any atom is -0.497 e. The van der Waals surface area contributed by atoms with Crippen LogP contribution in [0.15, 0.2) is 42.5 Å². The lowest BCUT2D eigenvalue weighted by molar-refractivity contribution is -0.135. The Bertz CT molecular complexity index is 875. The summed E-state index contributed by atoms with van der Waals surface area (Å²) in [4.78, 5) is 26.7. The number of aliphatic hydroxyl groups excluding tert-OH is 1. The first-order valence-electron chi connectivity index (χ1n) is 8.42. The Labute approximate surface area is 157 Å². The topological polar surface area (TPSA) is 88.1 Å². The van der Waals surface area contributed by atoms with Crippen molar-refractivity contribution in [2.75, 3.05) is 26.2 Å². The molecule has 0 saturated heterocycles. The third-order valence-corrected chi connectivity index (χ3v) is 4.81. The zero-order valence-electron chi connectivity index (χ0n) is 15.6. The van der Waals surface area contributed by atoms with Crippen LogP contribution < -0.4 is 19.7 Å². The average Bonchev–Trinajstić information content (AvgIpc) is 2.89. The molecule has 7 heteroatoms. The number of hydrogen-bond acceptors (Lipinski definition) is 5. The summed E-state index contributed by atoms with van der Waals surface area (Å²) in [5, 5.41) is 14.0. The van der Waals surface area contributed by atoms with Crippen molar-refractivity contribution in [2.24, 2.45) is 0 Å². The van der Waals surface area contributed by atoms with Gasteiger partial charge in [0.15, 0.2) is 5.54 Å². The van der Waals surface area contributed by atoms with Crippen molar-refractivity contribution < 1.29 is 24.2 Å². The predicted molar refractivity (Wildman–Crippen MR) is 99.9 cm³/mol. The molecule has 0 radical (unpaired) electrons. The number of nitrogens with one attached hydrogen (secondary N) is 1. The molecule has 0 fully saturated rings. The minimum absolute atomic E-state index is 0.387. The van der Waals surface area contributed by atoms with Crippen LogP contribution in [-0.2, 0) is 15.1 Å². The van der Waals surface area contributed by atoms with Gasteiger partial charge in [-0.1, -0.05) is 18.2 Å². The number of carbonyl (C=O) groups is 2. The predicted octanol–water partition coefficient (Wildman–Crippen LogP) is 1.75. The van der Waals surface area contributed by atoms with E-state index in [0.717, 1.165) is 0 Å². The Kier molecular flexibility index (Phi) is 4.80. The Hall–Kier alpha value is -3.06. The number of nitrogens with zero attached hydrogens (tertiary/aromatic N) is 1. The quantitative estimate of drug-likeness (QED) is 0.837. The lowest BCUT2D eigenvalue weighted by atomic mass is 9.81. The van der Waals surface area contributed by atoms with Crippen molar-refractivity contribution in [1.29, 1.82) is 0 Å². The van der Waals surface area contributed by atoms with Crippen molar-refractivity contribution in [3.63, 3.8) is 0 Å². The van der Waals surface area contributed by atoms with E-state index in [1.807, 2.05) is 0 Å². The smallest absolute Gasteiger partial charge is 0.260 e. The summed E-state index contributed by atoms with van der Waals surface area (Å²) in [5.74, 6) is 0.0810. The van der Waals surface area contributed by atoms with Crippen molar-refractivity contribution in [3.8, 4) is 11.5 Å². The van der Waals surface area contributed by atoms with Crippen LogP contribution in [0.5, 0.6) is 11.5 Å². The fourth-order valence-corrected chi connectivity index (χ4v) is 3.56. The van der Waals surface area contributed by atoms with Gasteiger partial charge < -0.3 is 24.8 Å². The van der Waals surface area contributed by atoms with E-state index in [1.54, 1.807) is 49.5 Å². The molecule has 2 aromatic rings. The minimum atomic E-state index is -1.64. The van der Waals surface area contributed by atoms with Gasteiger partial charge in [0.2, 0.25) is 5.91 Å². The summed E-state index contributed by atoms with van der Waals surface area (Å²) < 4.78 is 10.5. The Morgan fingerprint density at radius 1 is 1.15 bits per heavy atom. The molecule has 0 spiro atoms. The number of ether oxygens (including phenoxy) is 2. The van der Waals surface area contributed by atoms with Crippen molar-refractivity contribution in [1.82, 2.24) is 5.32 Å². The fourth-order valence-electron chi connectivity index (χ4n) is 3.56. The molecule has 142 valence electrons. The van der Waals surface area contributed by atoms with Crippen molar-refractivity contribution in [3.05, 3.63) is 53.6 Å². The number of fused-ring (bicyclic) bond motifs is 1. The molecule has 1 aliphatic rings. The summed E-state index contributed by atoms with van der Waals surface area (Å²) in [6, 6.07) is 12.0. The maximum Gasteiger partial charge on any atom is 0.260 e. The Morgan fingerprint density at radius 2 is 1.74 bits per heavy atom. The van der Waals surface area contributed by atoms with Gasteiger partial charge in [-0.05, 0) is 23.8 Å². The van der Waals surface area contributed by atoms with Gasteiger partial charge in [0.05, 0.1) is 14.2 Å². The second kappa shape index (κ2) is 6.92. The van der Waals surface area contributed by atoms with E-state index in [9.17, 15) is 14.7 Å². The van der Waals surface area contributed by atoms with Gasteiger partial charge in [-0.3, -0.25) is 9.59 Å². The van der Waals surface area contributed by atoms with Gasteiger partial charge in [0.1, 0.15) is 17.6 Å². The maximum absolute atomic E-state index is 13.2. The number of anilines is 1. The van der Waals surface area contributed by atoms with Crippen LogP contribution >= 0.6 is 0 Å². The molecule has 7 nitrogen and oxygen atoms in total. The number of carbonyl (C=O) groups excluding carboxylic acids is 2. The van der Waals surface area contributed by atoms with E-state index < -0.39 is 23.5 Å². The standard InChI is InChI=1S/C20H22N2O5/c1-12(23)21-20(16-7-5-6-8-17(16)22(2)19(20)25)18(24)13-9-14(26-3)11-15(10-13)27-4/h5-11,18,24H,1-4H3,(H,21,23). The molecule has 0 aromatic heterocycles. The molecule has 27 heavy (non-hydrogen) atoms. The zero-order valence-corrected chi connectivity index (χ0v) is 15.6. The Morgan fingerprint density at radius 3 is 2.30 bits per heavy atom. The molecule has 0 saturated carbocycles. The zero-order chi connectivity index (χ0) is 19.8. The highest BCUT2D eigenvalue weighted by Crippen LogP contribution is 2.47. The maximum atomic E-state index is 13.2. The highest BCUT2D eigenvalue weighted by Gasteiger charge is 2.56. The van der Waals surface area contributed by atoms with E-state index >= 15 is 0 Å². The van der Waals surface area contributed by atoms with Crippen LogP contribution in [0, 0.1) is 0 Å². The number of likely N-dealkylation sites (N-methyl/N-ethyl adjacent to an activating group) is 1. The van der Waals surface area contributed by atoms with E-state index in [2.05, 4.69) is 5.32 Å². The lowest BCUT2D eigenvalue weighted by Crippen LogP contribution is -2.55. The van der Waals surface area contributed by atoms with Crippen LogP contribution in [0.3, 0.4) is 0 Å². The van der Waals surface area contributed by atoms with Crippen LogP contribution in [-0.4, -0.2) is 38.2 Å². The second-order valence-electron chi connectivity index (χ2n) is 6.42. The lowest BCUT2D eigenvalue weighted by Gasteiger charge is -2.34. The van der Waals surface area contributed by atoms with Crippen molar-refractivity contribution in [2.45, 2.75) is 18.6 Å². The van der Waals surface area contributed by atoms with Gasteiger partial charge >= 0.3 is 0 Å². The number of benzene rings is 2. The molecule has 3 rings (SSSR count). The van der Waals surface area contributed by atoms with E-state index in [-0.39, 0.29) is 0 Å². The van der Waals surface area contributed by atoms with E-state index in [0.29, 0.717) is 28.3 Å². The molecule has 2 amide bonds. The summed E-state index contributed by atoms with van der Waals surface area (Å²) in [6.45, 7) is 1.31. The summed E-state index contributed by atoms with van der Waals surface area (Å²) in [7, 11) is 4.61. The van der Waals surface area contributed by atoms with Crippen molar-refractivity contribution >= 4 is 17.5 Å². The highest BCUT2D eigenvalue weighted by atomic mass is 16.5. The highest BCUT2D eigenvalue weighted by molar-refractivity contribution is 6.09. The molecule has 1 heterocycles. The molecule has 1 aliphatic heterocycles.